The van der Waals surface area contributed by atoms with Crippen molar-refractivity contribution in [3.63, 3.8) is 0 Å². The maximum absolute atomic E-state index is 13.4. The van der Waals surface area contributed by atoms with Crippen LogP contribution >= 0.6 is 11.6 Å². The summed E-state index contributed by atoms with van der Waals surface area (Å²) in [5.74, 6) is -0.195. The zero-order valence-electron chi connectivity index (χ0n) is 16.7. The van der Waals surface area contributed by atoms with E-state index in [9.17, 15) is 14.7 Å². The molecule has 0 fully saturated rings. The second-order valence-electron chi connectivity index (χ2n) is 7.10. The molecule has 0 spiro atoms. The lowest BCUT2D eigenvalue weighted by Crippen LogP contribution is -2.32. The van der Waals surface area contributed by atoms with Crippen molar-refractivity contribution in [2.24, 2.45) is 0 Å². The van der Waals surface area contributed by atoms with Gasteiger partial charge in [-0.1, -0.05) is 17.7 Å². The summed E-state index contributed by atoms with van der Waals surface area (Å²) in [5, 5.41) is 10.7. The Balaban J connectivity index is 1.99. The molecule has 0 bridgehead atoms. The molecule has 1 N–H and O–H groups in total. The smallest absolute Gasteiger partial charge is 0.290 e. The number of fused-ring (bicyclic) bond motifs is 2. The van der Waals surface area contributed by atoms with Crippen molar-refractivity contribution in [3.05, 3.63) is 68.0 Å². The Morgan fingerprint density at radius 1 is 1.20 bits per heavy atom. The summed E-state index contributed by atoms with van der Waals surface area (Å²) in [4.78, 5) is 28.2. The molecule has 7 nitrogen and oxygen atoms in total. The monoisotopic (exact) mass is 429 g/mol. The number of carbonyl (C=O) groups is 1. The molecule has 30 heavy (non-hydrogen) atoms. The Morgan fingerprint density at radius 2 is 1.97 bits per heavy atom. The fraction of sp³-hybridized carbons (Fsp3) is 0.273. The summed E-state index contributed by atoms with van der Waals surface area (Å²) in [6.07, 6.45) is 0. The van der Waals surface area contributed by atoms with Crippen LogP contribution in [0.1, 0.15) is 33.3 Å². The normalized spacial score (nSPS) is 15.7. The molecule has 1 amide bonds. The van der Waals surface area contributed by atoms with E-state index in [0.29, 0.717) is 21.6 Å². The van der Waals surface area contributed by atoms with Crippen LogP contribution in [0.25, 0.3) is 11.0 Å². The van der Waals surface area contributed by atoms with Crippen molar-refractivity contribution in [1.82, 2.24) is 4.90 Å². The van der Waals surface area contributed by atoms with Gasteiger partial charge < -0.3 is 23.9 Å². The summed E-state index contributed by atoms with van der Waals surface area (Å²) < 4.78 is 16.3. The van der Waals surface area contributed by atoms with Crippen LogP contribution in [-0.4, -0.2) is 43.3 Å². The zero-order valence-corrected chi connectivity index (χ0v) is 17.4. The number of amides is 1. The molecule has 1 atom stereocenters. The van der Waals surface area contributed by atoms with E-state index in [4.69, 9.17) is 25.5 Å². The first-order valence-electron chi connectivity index (χ1n) is 9.31. The summed E-state index contributed by atoms with van der Waals surface area (Å²) in [6.45, 7) is 2.33. The molecular formula is C22H20ClNO6. The predicted octanol–water partition coefficient (Wildman–Crippen LogP) is 3.66. The Labute approximate surface area is 177 Å². The van der Waals surface area contributed by atoms with E-state index in [2.05, 4.69) is 0 Å². The number of nitrogens with zero attached hydrogens (tertiary/aromatic N) is 1. The first-order valence-corrected chi connectivity index (χ1v) is 9.68. The van der Waals surface area contributed by atoms with E-state index in [1.54, 1.807) is 31.2 Å². The summed E-state index contributed by atoms with van der Waals surface area (Å²) in [5.41, 5.74) is 1.57. The van der Waals surface area contributed by atoms with Gasteiger partial charge in [0.2, 0.25) is 5.76 Å². The van der Waals surface area contributed by atoms with E-state index in [1.165, 1.54) is 25.2 Å². The molecule has 4 rings (SSSR count). The van der Waals surface area contributed by atoms with Gasteiger partial charge in [0.15, 0.2) is 16.9 Å². The van der Waals surface area contributed by atoms with Gasteiger partial charge in [0, 0.05) is 18.7 Å². The number of benzene rings is 2. The Kier molecular flexibility index (Phi) is 5.17. The van der Waals surface area contributed by atoms with Crippen LogP contribution in [0.15, 0.2) is 39.5 Å². The molecule has 0 saturated carbocycles. The number of phenols is 1. The molecule has 0 saturated heterocycles. The Hall–Kier alpha value is -3.03. The molecule has 0 aliphatic carbocycles. The van der Waals surface area contributed by atoms with Crippen LogP contribution in [-0.2, 0) is 4.74 Å². The fourth-order valence-electron chi connectivity index (χ4n) is 3.77. The Bertz CT molecular complexity index is 1220. The highest BCUT2D eigenvalue weighted by atomic mass is 35.5. The minimum atomic E-state index is -0.710. The number of halogens is 1. The minimum absolute atomic E-state index is 0.00219. The molecule has 156 valence electrons. The van der Waals surface area contributed by atoms with Gasteiger partial charge in [0.25, 0.3) is 5.91 Å². The van der Waals surface area contributed by atoms with Crippen LogP contribution < -0.4 is 10.2 Å². The van der Waals surface area contributed by atoms with Gasteiger partial charge >= 0.3 is 0 Å². The highest BCUT2D eigenvalue weighted by molar-refractivity contribution is 6.32. The highest BCUT2D eigenvalue weighted by Gasteiger charge is 2.42. The molecule has 1 aliphatic heterocycles. The van der Waals surface area contributed by atoms with Gasteiger partial charge in [0.05, 0.1) is 30.7 Å². The van der Waals surface area contributed by atoms with Crippen LogP contribution in [0.5, 0.6) is 11.5 Å². The zero-order chi connectivity index (χ0) is 21.6. The van der Waals surface area contributed by atoms with Gasteiger partial charge in [-0.2, -0.15) is 0 Å². The number of hydrogen-bond donors (Lipinski definition) is 1. The topological polar surface area (TPSA) is 89.2 Å². The second-order valence-corrected chi connectivity index (χ2v) is 7.50. The summed E-state index contributed by atoms with van der Waals surface area (Å²) in [6, 6.07) is 7.23. The molecule has 0 unspecified atom stereocenters. The number of aromatic hydroxyl groups is 1. The lowest BCUT2D eigenvalue weighted by Gasteiger charge is -2.25. The van der Waals surface area contributed by atoms with Crippen LogP contribution in [0, 0.1) is 6.92 Å². The first-order chi connectivity index (χ1) is 14.4. The quantitative estimate of drug-likeness (QED) is 0.665. The maximum Gasteiger partial charge on any atom is 0.290 e. The van der Waals surface area contributed by atoms with Crippen molar-refractivity contribution in [3.8, 4) is 11.5 Å². The van der Waals surface area contributed by atoms with Crippen LogP contribution in [0.2, 0.25) is 5.02 Å². The molecule has 8 heteroatoms. The van der Waals surface area contributed by atoms with Crippen molar-refractivity contribution in [1.29, 1.82) is 0 Å². The SMILES string of the molecule is COCCN1C(=O)c2oc3cc(C)c(Cl)cc3c(=O)c2[C@@H]1c1ccc(O)c(OC)c1. The average molecular weight is 430 g/mol. The lowest BCUT2D eigenvalue weighted by molar-refractivity contribution is 0.0663. The van der Waals surface area contributed by atoms with Crippen molar-refractivity contribution < 1.29 is 23.8 Å². The van der Waals surface area contributed by atoms with E-state index in [1.807, 2.05) is 0 Å². The molecular weight excluding hydrogens is 410 g/mol. The van der Waals surface area contributed by atoms with Crippen molar-refractivity contribution >= 4 is 28.5 Å². The maximum atomic E-state index is 13.4. The third kappa shape index (κ3) is 3.11. The van der Waals surface area contributed by atoms with Crippen LogP contribution in [0.4, 0.5) is 0 Å². The van der Waals surface area contributed by atoms with Gasteiger partial charge in [-0.15, -0.1) is 0 Å². The summed E-state index contributed by atoms with van der Waals surface area (Å²) >= 11 is 6.23. The van der Waals surface area contributed by atoms with Crippen molar-refractivity contribution in [2.75, 3.05) is 27.4 Å². The van der Waals surface area contributed by atoms with E-state index in [0.717, 1.165) is 5.56 Å². The van der Waals surface area contributed by atoms with Gasteiger partial charge in [-0.3, -0.25) is 9.59 Å². The van der Waals surface area contributed by atoms with Gasteiger partial charge in [-0.05, 0) is 42.3 Å². The third-order valence-electron chi connectivity index (χ3n) is 5.30. The Morgan fingerprint density at radius 3 is 2.67 bits per heavy atom. The number of carbonyl (C=O) groups excluding carboxylic acids is 1. The summed E-state index contributed by atoms with van der Waals surface area (Å²) in [7, 11) is 2.97. The number of rotatable bonds is 5. The van der Waals surface area contributed by atoms with Gasteiger partial charge in [0.1, 0.15) is 5.58 Å². The lowest BCUT2D eigenvalue weighted by atomic mass is 9.98. The first kappa shape index (κ1) is 20.3. The van der Waals surface area contributed by atoms with E-state index < -0.39 is 11.9 Å². The number of phenolic OH excluding ortho intramolecular Hbond substituents is 1. The molecule has 0 radical (unpaired) electrons. The number of aryl methyl sites for hydroxylation is 1. The predicted molar refractivity (Wildman–Crippen MR) is 112 cm³/mol. The van der Waals surface area contributed by atoms with E-state index >= 15 is 0 Å². The minimum Gasteiger partial charge on any atom is -0.504 e. The average Bonchev–Trinajstić information content (AvgIpc) is 3.00. The molecule has 1 aromatic heterocycles. The molecule has 2 heterocycles. The number of hydrogen-bond acceptors (Lipinski definition) is 6. The molecule has 3 aromatic rings. The van der Waals surface area contributed by atoms with E-state index in [-0.39, 0.29) is 41.4 Å². The highest BCUT2D eigenvalue weighted by Crippen LogP contribution is 2.40. The standard InChI is InChI=1S/C22H20ClNO6/c1-11-8-16-13(10-14(11)23)20(26)18-19(12-4-5-15(25)17(9-12)29-3)24(6-7-28-2)22(27)21(18)30-16/h4-5,8-10,19,25H,6-7H2,1-3H3/t19-/m0/s1. The fourth-order valence-corrected chi connectivity index (χ4v) is 3.94. The largest absolute Gasteiger partial charge is 0.504 e. The molecule has 2 aromatic carbocycles. The second kappa shape index (κ2) is 7.66. The number of methoxy groups -OCH3 is 2. The third-order valence-corrected chi connectivity index (χ3v) is 5.71. The van der Waals surface area contributed by atoms with Crippen LogP contribution in [0.3, 0.4) is 0 Å². The molecule has 1 aliphatic rings. The van der Waals surface area contributed by atoms with Gasteiger partial charge in [-0.25, -0.2) is 0 Å². The van der Waals surface area contributed by atoms with Crippen molar-refractivity contribution in [2.45, 2.75) is 13.0 Å². The number of ether oxygens (including phenoxy) is 2.